The molecule has 1 N–H and O–H groups in total. The van der Waals surface area contributed by atoms with Gasteiger partial charge in [-0.1, -0.05) is 6.92 Å². The molecule has 0 saturated carbocycles. The number of hydrogen-bond donors (Lipinski definition) is 1. The highest BCUT2D eigenvalue weighted by Crippen LogP contribution is 1.98. The molecule has 12 heavy (non-hydrogen) atoms. The van der Waals surface area contributed by atoms with Gasteiger partial charge in [0, 0.05) is 13.5 Å². The molecule has 0 fully saturated rings. The highest BCUT2D eigenvalue weighted by atomic mass is 16.5. The molecule has 70 valence electrons. The second-order valence-corrected chi connectivity index (χ2v) is 2.53. The number of carbonyl (C=O) groups is 2. The van der Waals surface area contributed by atoms with Crippen LogP contribution in [0.2, 0.25) is 0 Å². The number of rotatable bonds is 4. The first kappa shape index (κ1) is 10.9. The first-order valence-corrected chi connectivity index (χ1v) is 4.00. The number of esters is 1. The largest absolute Gasteiger partial charge is 0.462 e. The Morgan fingerprint density at radius 3 is 2.50 bits per heavy atom. The summed E-state index contributed by atoms with van der Waals surface area (Å²) in [6.45, 7) is 3.41. The standard InChI is InChI=1S/C8H15NO3/c1-4-8(11)12-6(2)5-7(10)9-3/h6H,4-5H2,1-3H3,(H,9,10). The third-order valence-electron chi connectivity index (χ3n) is 1.37. The summed E-state index contributed by atoms with van der Waals surface area (Å²) in [5.74, 6) is -0.391. The van der Waals surface area contributed by atoms with Crippen LogP contribution in [0.4, 0.5) is 0 Å². The Morgan fingerprint density at radius 2 is 2.08 bits per heavy atom. The molecule has 0 radical (unpaired) electrons. The Balaban J connectivity index is 3.66. The van der Waals surface area contributed by atoms with E-state index in [2.05, 4.69) is 5.32 Å². The number of hydrogen-bond acceptors (Lipinski definition) is 3. The molecule has 0 aliphatic rings. The van der Waals surface area contributed by atoms with Crippen molar-refractivity contribution in [1.82, 2.24) is 5.32 Å². The summed E-state index contributed by atoms with van der Waals surface area (Å²) in [5.41, 5.74) is 0. The Labute approximate surface area is 72.3 Å². The molecule has 0 spiro atoms. The highest BCUT2D eigenvalue weighted by molar-refractivity contribution is 5.76. The van der Waals surface area contributed by atoms with Crippen LogP contribution in [0.3, 0.4) is 0 Å². The summed E-state index contributed by atoms with van der Waals surface area (Å²) >= 11 is 0. The fourth-order valence-corrected chi connectivity index (χ4v) is 0.713. The summed E-state index contributed by atoms with van der Waals surface area (Å²) in [7, 11) is 1.55. The minimum absolute atomic E-state index is 0.119. The molecular formula is C8H15NO3. The van der Waals surface area contributed by atoms with E-state index < -0.39 is 0 Å². The van der Waals surface area contributed by atoms with Crippen molar-refractivity contribution in [2.75, 3.05) is 7.05 Å². The molecule has 1 amide bonds. The third-order valence-corrected chi connectivity index (χ3v) is 1.37. The maximum atomic E-state index is 10.8. The molecule has 0 rings (SSSR count). The van der Waals surface area contributed by atoms with Crippen molar-refractivity contribution < 1.29 is 14.3 Å². The van der Waals surface area contributed by atoms with E-state index in [-0.39, 0.29) is 24.4 Å². The molecule has 1 unspecified atom stereocenters. The first-order valence-electron chi connectivity index (χ1n) is 4.00. The average molecular weight is 173 g/mol. The van der Waals surface area contributed by atoms with E-state index in [0.717, 1.165) is 0 Å². The van der Waals surface area contributed by atoms with Gasteiger partial charge in [-0.05, 0) is 6.92 Å². The molecule has 4 heteroatoms. The quantitative estimate of drug-likeness (QED) is 0.628. The van der Waals surface area contributed by atoms with E-state index in [0.29, 0.717) is 6.42 Å². The van der Waals surface area contributed by atoms with Gasteiger partial charge < -0.3 is 10.1 Å². The van der Waals surface area contributed by atoms with Crippen molar-refractivity contribution >= 4 is 11.9 Å². The second kappa shape index (κ2) is 5.57. The van der Waals surface area contributed by atoms with E-state index in [9.17, 15) is 9.59 Å². The molecule has 0 bridgehead atoms. The van der Waals surface area contributed by atoms with Crippen LogP contribution < -0.4 is 5.32 Å². The summed E-state index contributed by atoms with van der Waals surface area (Å²) < 4.78 is 4.87. The predicted molar refractivity (Wildman–Crippen MR) is 44.5 cm³/mol. The number of amides is 1. The van der Waals surface area contributed by atoms with Gasteiger partial charge in [0.2, 0.25) is 5.91 Å². The van der Waals surface area contributed by atoms with E-state index >= 15 is 0 Å². The zero-order valence-electron chi connectivity index (χ0n) is 7.72. The Morgan fingerprint density at radius 1 is 1.50 bits per heavy atom. The van der Waals surface area contributed by atoms with Crippen LogP contribution in [-0.4, -0.2) is 25.0 Å². The van der Waals surface area contributed by atoms with Gasteiger partial charge in [0.25, 0.3) is 0 Å². The highest BCUT2D eigenvalue weighted by Gasteiger charge is 2.10. The van der Waals surface area contributed by atoms with Crippen LogP contribution in [0, 0.1) is 0 Å². The zero-order valence-corrected chi connectivity index (χ0v) is 7.72. The summed E-state index contributed by atoms with van der Waals surface area (Å²) in [6.07, 6.45) is 0.234. The van der Waals surface area contributed by atoms with E-state index in [1.807, 2.05) is 0 Å². The van der Waals surface area contributed by atoms with Gasteiger partial charge in [-0.2, -0.15) is 0 Å². The lowest BCUT2D eigenvalue weighted by Gasteiger charge is -2.10. The smallest absolute Gasteiger partial charge is 0.305 e. The number of carbonyl (C=O) groups excluding carboxylic acids is 2. The van der Waals surface area contributed by atoms with Crippen molar-refractivity contribution in [1.29, 1.82) is 0 Å². The minimum Gasteiger partial charge on any atom is -0.462 e. The fourth-order valence-electron chi connectivity index (χ4n) is 0.713. The fraction of sp³-hybridized carbons (Fsp3) is 0.750. The van der Waals surface area contributed by atoms with Crippen LogP contribution in [-0.2, 0) is 14.3 Å². The average Bonchev–Trinajstić information content (AvgIpc) is 2.03. The monoisotopic (exact) mass is 173 g/mol. The third kappa shape index (κ3) is 4.71. The zero-order chi connectivity index (χ0) is 9.56. The van der Waals surface area contributed by atoms with Crippen molar-refractivity contribution in [3.05, 3.63) is 0 Å². The Kier molecular flexibility index (Phi) is 5.08. The molecule has 0 aliphatic heterocycles. The Hall–Kier alpha value is -1.06. The van der Waals surface area contributed by atoms with Gasteiger partial charge in [0.05, 0.1) is 6.42 Å². The molecule has 0 aromatic heterocycles. The van der Waals surface area contributed by atoms with Crippen molar-refractivity contribution in [3.63, 3.8) is 0 Å². The predicted octanol–water partition coefficient (Wildman–Crippen LogP) is 0.464. The van der Waals surface area contributed by atoms with Gasteiger partial charge in [0.15, 0.2) is 0 Å². The molecule has 0 aromatic carbocycles. The lowest BCUT2D eigenvalue weighted by molar-refractivity contribution is -0.148. The summed E-state index contributed by atoms with van der Waals surface area (Å²) in [4.78, 5) is 21.5. The lowest BCUT2D eigenvalue weighted by Crippen LogP contribution is -2.25. The van der Waals surface area contributed by atoms with Crippen LogP contribution in [0.5, 0.6) is 0 Å². The van der Waals surface area contributed by atoms with Crippen LogP contribution in [0.15, 0.2) is 0 Å². The van der Waals surface area contributed by atoms with Gasteiger partial charge in [0.1, 0.15) is 6.10 Å². The second-order valence-electron chi connectivity index (χ2n) is 2.53. The van der Waals surface area contributed by atoms with Crippen LogP contribution in [0.1, 0.15) is 26.7 Å². The van der Waals surface area contributed by atoms with Crippen molar-refractivity contribution in [2.45, 2.75) is 32.8 Å². The molecule has 0 heterocycles. The molecule has 0 saturated heterocycles. The number of nitrogens with one attached hydrogen (secondary N) is 1. The van der Waals surface area contributed by atoms with Crippen molar-refractivity contribution in [2.24, 2.45) is 0 Å². The minimum atomic E-state index is -0.336. The van der Waals surface area contributed by atoms with Gasteiger partial charge in [-0.25, -0.2) is 0 Å². The molecule has 1 atom stereocenters. The Bertz CT molecular complexity index is 150. The van der Waals surface area contributed by atoms with E-state index in [4.69, 9.17) is 4.74 Å². The van der Waals surface area contributed by atoms with Crippen LogP contribution in [0.25, 0.3) is 0 Å². The van der Waals surface area contributed by atoms with Gasteiger partial charge >= 0.3 is 5.97 Å². The molecule has 0 aliphatic carbocycles. The molecular weight excluding hydrogens is 158 g/mol. The van der Waals surface area contributed by atoms with E-state index in [1.54, 1.807) is 20.9 Å². The lowest BCUT2D eigenvalue weighted by atomic mass is 10.3. The SMILES string of the molecule is CCC(=O)OC(C)CC(=O)NC. The summed E-state index contributed by atoms with van der Waals surface area (Å²) in [6, 6.07) is 0. The van der Waals surface area contributed by atoms with Crippen molar-refractivity contribution in [3.8, 4) is 0 Å². The van der Waals surface area contributed by atoms with Gasteiger partial charge in [-0.3, -0.25) is 9.59 Å². The molecule has 4 nitrogen and oxygen atoms in total. The topological polar surface area (TPSA) is 55.4 Å². The van der Waals surface area contributed by atoms with Crippen LogP contribution >= 0.6 is 0 Å². The summed E-state index contributed by atoms with van der Waals surface area (Å²) in [5, 5.41) is 2.46. The normalized spacial score (nSPS) is 11.9. The maximum Gasteiger partial charge on any atom is 0.305 e. The van der Waals surface area contributed by atoms with E-state index in [1.165, 1.54) is 0 Å². The van der Waals surface area contributed by atoms with Gasteiger partial charge in [-0.15, -0.1) is 0 Å². The molecule has 0 aromatic rings. The maximum absolute atomic E-state index is 10.8. The number of ether oxygens (including phenoxy) is 1. The first-order chi connectivity index (χ1) is 5.60.